The standard InChI is InChI=1S/C13H16FN3S/c14-10-2-1-3-11-12(10)17-13(18-11)16-8-9-4-6-15-7-5-9/h1-3,9,15H,4-8H2,(H,16,17). The maximum atomic E-state index is 13.5. The zero-order valence-electron chi connectivity index (χ0n) is 10.1. The minimum atomic E-state index is -0.237. The predicted molar refractivity (Wildman–Crippen MR) is 73.7 cm³/mol. The molecule has 96 valence electrons. The Labute approximate surface area is 109 Å². The van der Waals surface area contributed by atoms with Crippen LogP contribution in [0.2, 0.25) is 0 Å². The van der Waals surface area contributed by atoms with Gasteiger partial charge in [-0.25, -0.2) is 9.37 Å². The van der Waals surface area contributed by atoms with Gasteiger partial charge in [0.15, 0.2) is 5.13 Å². The number of anilines is 1. The van der Waals surface area contributed by atoms with Gasteiger partial charge >= 0.3 is 0 Å². The van der Waals surface area contributed by atoms with Gasteiger partial charge in [0.25, 0.3) is 0 Å². The number of thiazole rings is 1. The average Bonchev–Trinajstić information content (AvgIpc) is 2.82. The molecule has 3 rings (SSSR count). The lowest BCUT2D eigenvalue weighted by Crippen LogP contribution is -2.31. The Morgan fingerprint density at radius 1 is 1.39 bits per heavy atom. The quantitative estimate of drug-likeness (QED) is 0.896. The molecule has 0 bridgehead atoms. The van der Waals surface area contributed by atoms with Crippen LogP contribution in [0.25, 0.3) is 10.2 Å². The molecule has 1 aliphatic rings. The summed E-state index contributed by atoms with van der Waals surface area (Å²) in [6.07, 6.45) is 2.40. The van der Waals surface area contributed by atoms with Gasteiger partial charge in [0, 0.05) is 6.54 Å². The van der Waals surface area contributed by atoms with Crippen molar-refractivity contribution in [1.29, 1.82) is 0 Å². The lowest BCUT2D eigenvalue weighted by molar-refractivity contribution is 0.390. The van der Waals surface area contributed by atoms with Crippen molar-refractivity contribution in [1.82, 2.24) is 10.3 Å². The molecular weight excluding hydrogens is 249 g/mol. The van der Waals surface area contributed by atoms with Gasteiger partial charge in [-0.3, -0.25) is 0 Å². The molecular formula is C13H16FN3S. The van der Waals surface area contributed by atoms with Crippen molar-refractivity contribution in [2.75, 3.05) is 25.0 Å². The lowest BCUT2D eigenvalue weighted by Gasteiger charge is -2.22. The Hall–Kier alpha value is -1.20. The van der Waals surface area contributed by atoms with E-state index in [-0.39, 0.29) is 5.82 Å². The van der Waals surface area contributed by atoms with Gasteiger partial charge < -0.3 is 10.6 Å². The van der Waals surface area contributed by atoms with Gasteiger partial charge in [-0.1, -0.05) is 17.4 Å². The van der Waals surface area contributed by atoms with Gasteiger partial charge in [-0.05, 0) is 44.0 Å². The maximum absolute atomic E-state index is 13.5. The van der Waals surface area contributed by atoms with E-state index >= 15 is 0 Å². The topological polar surface area (TPSA) is 37.0 Å². The highest BCUT2D eigenvalue weighted by Gasteiger charge is 2.14. The Morgan fingerprint density at radius 3 is 3.00 bits per heavy atom. The van der Waals surface area contributed by atoms with Crippen molar-refractivity contribution in [3.05, 3.63) is 24.0 Å². The molecule has 5 heteroatoms. The number of benzene rings is 1. The first kappa shape index (κ1) is 11.9. The van der Waals surface area contributed by atoms with Crippen molar-refractivity contribution < 1.29 is 4.39 Å². The second kappa shape index (κ2) is 5.20. The van der Waals surface area contributed by atoms with Crippen LogP contribution in [0.1, 0.15) is 12.8 Å². The first-order chi connectivity index (χ1) is 8.83. The predicted octanol–water partition coefficient (Wildman–Crippen LogP) is 2.85. The Balaban J connectivity index is 1.69. The molecule has 0 amide bonds. The molecule has 2 aromatic rings. The van der Waals surface area contributed by atoms with Gasteiger partial charge in [0.2, 0.25) is 0 Å². The molecule has 1 aliphatic heterocycles. The van der Waals surface area contributed by atoms with Gasteiger partial charge in [0.1, 0.15) is 11.3 Å². The highest BCUT2D eigenvalue weighted by atomic mass is 32.1. The molecule has 3 nitrogen and oxygen atoms in total. The number of hydrogen-bond donors (Lipinski definition) is 2. The van der Waals surface area contributed by atoms with Crippen molar-refractivity contribution >= 4 is 26.7 Å². The number of rotatable bonds is 3. The summed E-state index contributed by atoms with van der Waals surface area (Å²) in [7, 11) is 0. The van der Waals surface area contributed by atoms with E-state index in [0.29, 0.717) is 11.4 Å². The normalized spacial score (nSPS) is 17.2. The van der Waals surface area contributed by atoms with Gasteiger partial charge in [-0.15, -0.1) is 0 Å². The van der Waals surface area contributed by atoms with Gasteiger partial charge in [0.05, 0.1) is 4.70 Å². The summed E-state index contributed by atoms with van der Waals surface area (Å²) in [6.45, 7) is 3.13. The molecule has 0 spiro atoms. The van der Waals surface area contributed by atoms with Crippen molar-refractivity contribution in [2.45, 2.75) is 12.8 Å². The van der Waals surface area contributed by atoms with E-state index in [0.717, 1.165) is 29.5 Å². The van der Waals surface area contributed by atoms with Crippen LogP contribution in [0.3, 0.4) is 0 Å². The molecule has 0 radical (unpaired) electrons. The molecule has 1 aromatic heterocycles. The molecule has 2 heterocycles. The van der Waals surface area contributed by atoms with Crippen LogP contribution >= 0.6 is 11.3 Å². The van der Waals surface area contributed by atoms with Crippen LogP contribution in [0.15, 0.2) is 18.2 Å². The van der Waals surface area contributed by atoms with E-state index in [1.807, 2.05) is 6.07 Å². The minimum Gasteiger partial charge on any atom is -0.361 e. The van der Waals surface area contributed by atoms with Crippen molar-refractivity contribution in [3.63, 3.8) is 0 Å². The molecule has 0 unspecified atom stereocenters. The number of nitrogens with one attached hydrogen (secondary N) is 2. The van der Waals surface area contributed by atoms with Crippen LogP contribution in [0.5, 0.6) is 0 Å². The Kier molecular flexibility index (Phi) is 3.43. The molecule has 1 saturated heterocycles. The van der Waals surface area contributed by atoms with Crippen LogP contribution in [-0.2, 0) is 0 Å². The minimum absolute atomic E-state index is 0.237. The fraction of sp³-hybridized carbons (Fsp3) is 0.462. The summed E-state index contributed by atoms with van der Waals surface area (Å²) < 4.78 is 14.4. The van der Waals surface area contributed by atoms with Crippen LogP contribution < -0.4 is 10.6 Å². The summed E-state index contributed by atoms with van der Waals surface area (Å²) in [6, 6.07) is 5.09. The summed E-state index contributed by atoms with van der Waals surface area (Å²) >= 11 is 1.52. The smallest absolute Gasteiger partial charge is 0.183 e. The van der Waals surface area contributed by atoms with E-state index in [4.69, 9.17) is 0 Å². The largest absolute Gasteiger partial charge is 0.361 e. The monoisotopic (exact) mass is 265 g/mol. The van der Waals surface area contributed by atoms with Crippen molar-refractivity contribution in [3.8, 4) is 0 Å². The van der Waals surface area contributed by atoms with Crippen LogP contribution in [0.4, 0.5) is 9.52 Å². The van der Waals surface area contributed by atoms with Crippen molar-refractivity contribution in [2.24, 2.45) is 5.92 Å². The number of piperidine rings is 1. The lowest BCUT2D eigenvalue weighted by atomic mass is 9.98. The van der Waals surface area contributed by atoms with E-state index < -0.39 is 0 Å². The Bertz CT molecular complexity index is 534. The zero-order valence-corrected chi connectivity index (χ0v) is 10.9. The molecule has 1 fully saturated rings. The number of halogens is 1. The molecule has 0 saturated carbocycles. The average molecular weight is 265 g/mol. The first-order valence-electron chi connectivity index (χ1n) is 6.32. The molecule has 2 N–H and O–H groups in total. The number of fused-ring (bicyclic) bond motifs is 1. The van der Waals surface area contributed by atoms with Crippen LogP contribution in [0, 0.1) is 11.7 Å². The summed E-state index contributed by atoms with van der Waals surface area (Å²) in [5, 5.41) is 7.52. The second-order valence-corrected chi connectivity index (χ2v) is 5.71. The third-order valence-corrected chi connectivity index (χ3v) is 4.35. The third kappa shape index (κ3) is 2.47. The number of hydrogen-bond acceptors (Lipinski definition) is 4. The van der Waals surface area contributed by atoms with Gasteiger partial charge in [-0.2, -0.15) is 0 Å². The number of para-hydroxylation sites is 1. The van der Waals surface area contributed by atoms with E-state index in [1.165, 1.54) is 30.2 Å². The summed E-state index contributed by atoms with van der Waals surface area (Å²) in [5.41, 5.74) is 0.482. The molecule has 0 atom stereocenters. The number of aromatic nitrogens is 1. The fourth-order valence-corrected chi connectivity index (χ4v) is 3.20. The highest BCUT2D eigenvalue weighted by molar-refractivity contribution is 7.22. The molecule has 1 aromatic carbocycles. The van der Waals surface area contributed by atoms with E-state index in [1.54, 1.807) is 6.07 Å². The maximum Gasteiger partial charge on any atom is 0.183 e. The third-order valence-electron chi connectivity index (χ3n) is 3.37. The number of nitrogens with zero attached hydrogens (tertiary/aromatic N) is 1. The zero-order chi connectivity index (χ0) is 12.4. The molecule has 18 heavy (non-hydrogen) atoms. The fourth-order valence-electron chi connectivity index (χ4n) is 2.31. The summed E-state index contributed by atoms with van der Waals surface area (Å²) in [5.74, 6) is 0.460. The Morgan fingerprint density at radius 2 is 2.22 bits per heavy atom. The second-order valence-electron chi connectivity index (χ2n) is 4.68. The van der Waals surface area contributed by atoms with E-state index in [9.17, 15) is 4.39 Å². The molecule has 0 aliphatic carbocycles. The highest BCUT2D eigenvalue weighted by Crippen LogP contribution is 2.27. The van der Waals surface area contributed by atoms with Crippen LogP contribution in [-0.4, -0.2) is 24.6 Å². The SMILES string of the molecule is Fc1cccc2sc(NCC3CCNCC3)nc12. The first-order valence-corrected chi connectivity index (χ1v) is 7.14. The summed E-state index contributed by atoms with van der Waals surface area (Å²) in [4.78, 5) is 4.31. The van der Waals surface area contributed by atoms with E-state index in [2.05, 4.69) is 15.6 Å².